The molecule has 0 saturated carbocycles. The molecule has 0 fully saturated rings. The molecule has 4 aromatic rings. The van der Waals surface area contributed by atoms with E-state index >= 15 is 0 Å². The molecule has 0 aliphatic rings. The van der Waals surface area contributed by atoms with Gasteiger partial charge in [0.25, 0.3) is 0 Å². The first-order chi connectivity index (χ1) is 15.0. The number of halogens is 3. The van der Waals surface area contributed by atoms with Gasteiger partial charge in [-0.1, -0.05) is 43.0 Å². The van der Waals surface area contributed by atoms with E-state index in [4.69, 9.17) is 0 Å². The fourth-order valence-corrected chi connectivity index (χ4v) is 3.56. The average Bonchev–Trinajstić information content (AvgIpc) is 2.77. The van der Waals surface area contributed by atoms with E-state index in [2.05, 4.69) is 11.8 Å². The molecule has 0 atom stereocenters. The van der Waals surface area contributed by atoms with Crippen LogP contribution in [0.1, 0.15) is 34.7 Å². The molecule has 4 aromatic carbocycles. The van der Waals surface area contributed by atoms with Crippen molar-refractivity contribution in [2.24, 2.45) is 0 Å². The zero-order valence-electron chi connectivity index (χ0n) is 17.2. The lowest BCUT2D eigenvalue weighted by Gasteiger charge is -2.07. The van der Waals surface area contributed by atoms with E-state index in [1.165, 1.54) is 24.3 Å². The van der Waals surface area contributed by atoms with Crippen molar-refractivity contribution in [3.63, 3.8) is 0 Å². The summed E-state index contributed by atoms with van der Waals surface area (Å²) in [6.07, 6.45) is 1.47. The van der Waals surface area contributed by atoms with Gasteiger partial charge < -0.3 is 0 Å². The van der Waals surface area contributed by atoms with Gasteiger partial charge in [0.1, 0.15) is 17.5 Å². The molecule has 0 N–H and O–H groups in total. The molecule has 0 unspecified atom stereocenters. The second-order valence-corrected chi connectivity index (χ2v) is 7.54. The summed E-state index contributed by atoms with van der Waals surface area (Å²) < 4.78 is 41.6. The molecule has 0 aliphatic heterocycles. The first kappa shape index (κ1) is 20.8. The highest BCUT2D eigenvalue weighted by Crippen LogP contribution is 2.19. The van der Waals surface area contributed by atoms with Crippen LogP contribution in [0.25, 0.3) is 10.8 Å². The Morgan fingerprint density at radius 1 is 0.613 bits per heavy atom. The Balaban J connectivity index is 1.44. The van der Waals surface area contributed by atoms with Gasteiger partial charge in [-0.15, -0.1) is 0 Å². The molecule has 0 aliphatic carbocycles. The normalized spacial score (nSPS) is 10.7. The molecule has 31 heavy (non-hydrogen) atoms. The van der Waals surface area contributed by atoms with Gasteiger partial charge >= 0.3 is 0 Å². The van der Waals surface area contributed by atoms with Crippen molar-refractivity contribution in [2.75, 3.05) is 0 Å². The number of benzene rings is 4. The number of hydrogen-bond acceptors (Lipinski definition) is 0. The van der Waals surface area contributed by atoms with Crippen LogP contribution >= 0.6 is 0 Å². The van der Waals surface area contributed by atoms with Crippen LogP contribution in [0, 0.1) is 29.3 Å². The zero-order valence-corrected chi connectivity index (χ0v) is 17.2. The SMILES string of the molecule is CCc1cc(F)c(CCc2ccc(C#Cc3ccc4cc(F)ccc4c3)cc2)c(F)c1. The van der Waals surface area contributed by atoms with E-state index in [1.54, 1.807) is 6.07 Å². The summed E-state index contributed by atoms with van der Waals surface area (Å²) >= 11 is 0. The minimum Gasteiger partial charge on any atom is -0.207 e. The molecule has 4 rings (SSSR count). The second-order valence-electron chi connectivity index (χ2n) is 7.54. The maximum atomic E-state index is 14.2. The molecular weight excluding hydrogens is 393 g/mol. The Labute approximate surface area is 180 Å². The molecule has 154 valence electrons. The summed E-state index contributed by atoms with van der Waals surface area (Å²) in [5.41, 5.74) is 3.51. The molecule has 0 saturated heterocycles. The maximum Gasteiger partial charge on any atom is 0.129 e. The first-order valence-corrected chi connectivity index (χ1v) is 10.3. The maximum absolute atomic E-state index is 14.2. The Hall–Kier alpha value is -3.51. The van der Waals surface area contributed by atoms with Crippen LogP contribution in [0.3, 0.4) is 0 Å². The fourth-order valence-electron chi connectivity index (χ4n) is 3.56. The van der Waals surface area contributed by atoms with Crippen LogP contribution in [-0.2, 0) is 19.3 Å². The van der Waals surface area contributed by atoms with E-state index in [1.807, 2.05) is 49.4 Å². The van der Waals surface area contributed by atoms with Gasteiger partial charge in [0.15, 0.2) is 0 Å². The van der Waals surface area contributed by atoms with E-state index < -0.39 is 11.6 Å². The van der Waals surface area contributed by atoms with Crippen LogP contribution < -0.4 is 0 Å². The topological polar surface area (TPSA) is 0 Å². The highest BCUT2D eigenvalue weighted by atomic mass is 19.1. The largest absolute Gasteiger partial charge is 0.207 e. The fraction of sp³-hybridized carbons (Fsp3) is 0.143. The molecular formula is C28H21F3. The monoisotopic (exact) mass is 414 g/mol. The van der Waals surface area contributed by atoms with Gasteiger partial charge in [-0.25, -0.2) is 13.2 Å². The summed E-state index contributed by atoms with van der Waals surface area (Å²) in [6, 6.07) is 20.9. The summed E-state index contributed by atoms with van der Waals surface area (Å²) in [6.45, 7) is 1.87. The third-order valence-electron chi connectivity index (χ3n) is 5.38. The Morgan fingerprint density at radius 3 is 1.94 bits per heavy atom. The summed E-state index contributed by atoms with van der Waals surface area (Å²) in [5.74, 6) is 5.05. The van der Waals surface area contributed by atoms with E-state index in [0.29, 0.717) is 24.8 Å². The third kappa shape index (κ3) is 4.98. The second kappa shape index (κ2) is 9.10. The molecule has 0 nitrogen and oxygen atoms in total. The lowest BCUT2D eigenvalue weighted by molar-refractivity contribution is 0.551. The van der Waals surface area contributed by atoms with E-state index in [9.17, 15) is 13.2 Å². The molecule has 0 aromatic heterocycles. The molecule has 0 heterocycles. The molecule has 3 heteroatoms. The van der Waals surface area contributed by atoms with Crippen LogP contribution in [0.4, 0.5) is 13.2 Å². The van der Waals surface area contributed by atoms with Crippen molar-refractivity contribution in [3.8, 4) is 11.8 Å². The van der Waals surface area contributed by atoms with Gasteiger partial charge in [0, 0.05) is 16.7 Å². The lowest BCUT2D eigenvalue weighted by atomic mass is 10.0. The van der Waals surface area contributed by atoms with Crippen molar-refractivity contribution < 1.29 is 13.2 Å². The molecule has 0 amide bonds. The van der Waals surface area contributed by atoms with Crippen molar-refractivity contribution in [1.82, 2.24) is 0 Å². The van der Waals surface area contributed by atoms with Gasteiger partial charge in [-0.05, 0) is 89.7 Å². The quantitative estimate of drug-likeness (QED) is 0.315. The summed E-state index contributed by atoms with van der Waals surface area (Å²) in [7, 11) is 0. The van der Waals surface area contributed by atoms with Crippen molar-refractivity contribution >= 4 is 10.8 Å². The van der Waals surface area contributed by atoms with Crippen molar-refractivity contribution in [1.29, 1.82) is 0 Å². The van der Waals surface area contributed by atoms with Crippen LogP contribution in [-0.4, -0.2) is 0 Å². The number of aryl methyl sites for hydroxylation is 2. The minimum atomic E-state index is -0.475. The molecule has 0 spiro atoms. The Morgan fingerprint density at radius 2 is 1.23 bits per heavy atom. The predicted molar refractivity (Wildman–Crippen MR) is 119 cm³/mol. The summed E-state index contributed by atoms with van der Waals surface area (Å²) in [5, 5.41) is 1.78. The van der Waals surface area contributed by atoms with Crippen LogP contribution in [0.5, 0.6) is 0 Å². The summed E-state index contributed by atoms with van der Waals surface area (Å²) in [4.78, 5) is 0. The first-order valence-electron chi connectivity index (χ1n) is 10.3. The standard InChI is InChI=1S/C28H21F3/c1-2-19-16-27(30)26(28(31)17-19)14-10-21-5-3-20(4-6-21)7-8-22-9-11-24-18-25(29)13-12-23(24)15-22/h3-6,9,11-13,15-18H,2,10,14H2,1H3. The van der Waals surface area contributed by atoms with E-state index in [0.717, 1.165) is 27.5 Å². The predicted octanol–water partition coefficient (Wildman–Crippen LogP) is 7.00. The Kier molecular flexibility index (Phi) is 6.09. The zero-order chi connectivity index (χ0) is 21.8. The number of hydrogen-bond donors (Lipinski definition) is 0. The van der Waals surface area contributed by atoms with Gasteiger partial charge in [-0.3, -0.25) is 0 Å². The smallest absolute Gasteiger partial charge is 0.129 e. The van der Waals surface area contributed by atoms with Crippen molar-refractivity contribution in [2.45, 2.75) is 26.2 Å². The third-order valence-corrected chi connectivity index (χ3v) is 5.38. The Bertz CT molecular complexity index is 1270. The lowest BCUT2D eigenvalue weighted by Crippen LogP contribution is -2.00. The van der Waals surface area contributed by atoms with E-state index in [-0.39, 0.29) is 11.4 Å². The number of rotatable bonds is 4. The highest BCUT2D eigenvalue weighted by Gasteiger charge is 2.10. The highest BCUT2D eigenvalue weighted by molar-refractivity contribution is 5.83. The molecule has 0 bridgehead atoms. The van der Waals surface area contributed by atoms with Gasteiger partial charge in [0.05, 0.1) is 0 Å². The van der Waals surface area contributed by atoms with Crippen molar-refractivity contribution in [3.05, 3.63) is 118 Å². The van der Waals surface area contributed by atoms with Crippen LogP contribution in [0.2, 0.25) is 0 Å². The minimum absolute atomic E-state index is 0.136. The van der Waals surface area contributed by atoms with Crippen LogP contribution in [0.15, 0.2) is 72.8 Å². The number of fused-ring (bicyclic) bond motifs is 1. The van der Waals surface area contributed by atoms with Gasteiger partial charge in [-0.2, -0.15) is 0 Å². The molecule has 0 radical (unpaired) electrons. The van der Waals surface area contributed by atoms with Gasteiger partial charge in [0.2, 0.25) is 0 Å². The average molecular weight is 414 g/mol.